The lowest BCUT2D eigenvalue weighted by Gasteiger charge is -2.32. The van der Waals surface area contributed by atoms with Crippen molar-refractivity contribution in [3.05, 3.63) is 83.7 Å². The molecule has 1 aliphatic heterocycles. The first-order chi connectivity index (χ1) is 15.7. The number of thioether (sulfide) groups is 1. The van der Waals surface area contributed by atoms with Gasteiger partial charge in [0.25, 0.3) is 0 Å². The Balaban J connectivity index is 1.30. The van der Waals surface area contributed by atoms with E-state index in [0.717, 1.165) is 48.7 Å². The molecule has 0 aliphatic carbocycles. The first kappa shape index (κ1) is 22.6. The molecule has 2 aromatic carbocycles. The molecule has 168 valence electrons. The second-order valence-corrected chi connectivity index (χ2v) is 9.59. The third-order valence-electron chi connectivity index (χ3n) is 6.09. The van der Waals surface area contributed by atoms with E-state index < -0.39 is 0 Å². The molecule has 1 aromatic heterocycles. The van der Waals surface area contributed by atoms with E-state index in [0.29, 0.717) is 24.8 Å². The minimum atomic E-state index is 0.214. The Hall–Kier alpha value is -2.57. The van der Waals surface area contributed by atoms with Crippen molar-refractivity contribution >= 4 is 17.7 Å². The predicted octanol–water partition coefficient (Wildman–Crippen LogP) is 4.78. The molecular formula is C26H31N3O2S. The van der Waals surface area contributed by atoms with Crippen LogP contribution in [-0.4, -0.2) is 36.1 Å². The maximum Gasteiger partial charge on any atom is 0.222 e. The third-order valence-corrected chi connectivity index (χ3v) is 7.13. The van der Waals surface area contributed by atoms with Crippen LogP contribution in [0.2, 0.25) is 0 Å². The largest absolute Gasteiger partial charge is 0.360 e. The zero-order valence-electron chi connectivity index (χ0n) is 18.6. The van der Waals surface area contributed by atoms with Crippen molar-refractivity contribution in [3.8, 4) is 0 Å². The number of nitrogens with one attached hydrogen (secondary N) is 1. The van der Waals surface area contributed by atoms with Gasteiger partial charge in [-0.2, -0.15) is 0 Å². The summed E-state index contributed by atoms with van der Waals surface area (Å²) in [5, 5.41) is 7.81. The molecule has 0 radical (unpaired) electrons. The number of hydrogen-bond acceptors (Lipinski definition) is 5. The van der Waals surface area contributed by atoms with Gasteiger partial charge in [-0.3, -0.25) is 4.79 Å². The smallest absolute Gasteiger partial charge is 0.222 e. The van der Waals surface area contributed by atoms with Gasteiger partial charge in [0.2, 0.25) is 5.91 Å². The molecule has 0 saturated carbocycles. The van der Waals surface area contributed by atoms with E-state index in [-0.39, 0.29) is 5.91 Å². The molecule has 2 heterocycles. The number of carbonyl (C=O) groups excluding carboxylic acids is 1. The Morgan fingerprint density at radius 2 is 1.88 bits per heavy atom. The molecule has 0 spiro atoms. The number of piperidine rings is 1. The zero-order chi connectivity index (χ0) is 22.2. The maximum absolute atomic E-state index is 12.9. The summed E-state index contributed by atoms with van der Waals surface area (Å²) in [5.74, 6) is 2.63. The topological polar surface area (TPSA) is 58.4 Å². The summed E-state index contributed by atoms with van der Waals surface area (Å²) in [6.45, 7) is 2.54. The number of amides is 1. The number of benzene rings is 2. The summed E-state index contributed by atoms with van der Waals surface area (Å²) in [6, 6.07) is 22.6. The van der Waals surface area contributed by atoms with E-state index in [9.17, 15) is 4.79 Å². The lowest BCUT2D eigenvalue weighted by molar-refractivity contribution is -0.132. The molecule has 5 nitrogen and oxygen atoms in total. The Morgan fingerprint density at radius 3 is 2.66 bits per heavy atom. The van der Waals surface area contributed by atoms with Gasteiger partial charge in [0, 0.05) is 31.0 Å². The van der Waals surface area contributed by atoms with Crippen LogP contribution in [0.4, 0.5) is 0 Å². The fraction of sp³-hybridized carbons (Fsp3) is 0.385. The van der Waals surface area contributed by atoms with Crippen LogP contribution in [0.5, 0.6) is 0 Å². The first-order valence-electron chi connectivity index (χ1n) is 11.3. The summed E-state index contributed by atoms with van der Waals surface area (Å²) in [5.41, 5.74) is 2.14. The molecule has 1 fully saturated rings. The van der Waals surface area contributed by atoms with E-state index in [1.165, 1.54) is 4.90 Å². The highest BCUT2D eigenvalue weighted by atomic mass is 32.2. The number of nitrogens with zero attached hydrogens (tertiary/aromatic N) is 2. The maximum atomic E-state index is 12.9. The molecule has 2 unspecified atom stereocenters. The monoisotopic (exact) mass is 449 g/mol. The van der Waals surface area contributed by atoms with Crippen molar-refractivity contribution in [1.29, 1.82) is 0 Å². The molecular weight excluding hydrogens is 418 g/mol. The van der Waals surface area contributed by atoms with Gasteiger partial charge < -0.3 is 14.7 Å². The zero-order valence-corrected chi connectivity index (χ0v) is 19.4. The number of hydrogen-bond donors (Lipinski definition) is 1. The highest BCUT2D eigenvalue weighted by Crippen LogP contribution is 2.28. The lowest BCUT2D eigenvalue weighted by Crippen LogP contribution is -2.40. The van der Waals surface area contributed by atoms with E-state index >= 15 is 0 Å². The van der Waals surface area contributed by atoms with Crippen molar-refractivity contribution in [3.63, 3.8) is 0 Å². The van der Waals surface area contributed by atoms with Crippen LogP contribution in [0.15, 0.2) is 76.1 Å². The second-order valence-electron chi connectivity index (χ2n) is 8.54. The highest BCUT2D eigenvalue weighted by molar-refractivity contribution is 7.98. The SMILES string of the molecule is CN(Cc1ccccc1)C(=O)CC1CCNCC1Cc1cc(CSc2ccccc2)on1. The molecule has 0 bridgehead atoms. The molecule has 1 saturated heterocycles. The summed E-state index contributed by atoms with van der Waals surface area (Å²) < 4.78 is 5.58. The molecule has 1 aliphatic rings. The van der Waals surface area contributed by atoms with Gasteiger partial charge in [0.1, 0.15) is 5.76 Å². The normalized spacial score (nSPS) is 18.4. The molecule has 1 amide bonds. The summed E-state index contributed by atoms with van der Waals surface area (Å²) >= 11 is 1.75. The summed E-state index contributed by atoms with van der Waals surface area (Å²) in [6.07, 6.45) is 2.45. The number of carbonyl (C=O) groups is 1. The molecule has 4 rings (SSSR count). The Bertz CT molecular complexity index is 977. The summed E-state index contributed by atoms with van der Waals surface area (Å²) in [4.78, 5) is 16.0. The van der Waals surface area contributed by atoms with Crippen LogP contribution >= 0.6 is 11.8 Å². The Kier molecular flexibility index (Phi) is 8.02. The van der Waals surface area contributed by atoms with Crippen molar-refractivity contribution in [2.75, 3.05) is 20.1 Å². The molecule has 32 heavy (non-hydrogen) atoms. The van der Waals surface area contributed by atoms with Crippen LogP contribution in [0.3, 0.4) is 0 Å². The Labute approximate surface area is 194 Å². The van der Waals surface area contributed by atoms with Gasteiger partial charge in [0.15, 0.2) is 0 Å². The van der Waals surface area contributed by atoms with Crippen molar-refractivity contribution in [2.45, 2.75) is 36.5 Å². The fourth-order valence-corrected chi connectivity index (χ4v) is 5.06. The Morgan fingerprint density at radius 1 is 1.12 bits per heavy atom. The molecule has 6 heteroatoms. The fourth-order valence-electron chi connectivity index (χ4n) is 4.27. The van der Waals surface area contributed by atoms with Gasteiger partial charge in [-0.1, -0.05) is 53.7 Å². The van der Waals surface area contributed by atoms with Crippen LogP contribution in [0, 0.1) is 11.8 Å². The average molecular weight is 450 g/mol. The number of aromatic nitrogens is 1. The van der Waals surface area contributed by atoms with E-state index in [4.69, 9.17) is 4.52 Å². The van der Waals surface area contributed by atoms with Crippen molar-refractivity contribution in [2.24, 2.45) is 11.8 Å². The van der Waals surface area contributed by atoms with Gasteiger partial charge in [-0.25, -0.2) is 0 Å². The van der Waals surface area contributed by atoms with E-state index in [1.54, 1.807) is 11.8 Å². The van der Waals surface area contributed by atoms with Gasteiger partial charge >= 0.3 is 0 Å². The standard InChI is InChI=1S/C26H31N3O2S/c1-29(18-20-8-4-2-5-9-20)26(30)15-21-12-13-27-17-22(21)14-23-16-24(31-28-23)19-32-25-10-6-3-7-11-25/h2-11,16,21-22,27H,12-15,17-19H2,1H3. The van der Waals surface area contributed by atoms with E-state index in [2.05, 4.69) is 40.8 Å². The quantitative estimate of drug-likeness (QED) is 0.476. The van der Waals surface area contributed by atoms with E-state index in [1.807, 2.05) is 48.3 Å². The molecule has 1 N–H and O–H groups in total. The third kappa shape index (κ3) is 6.47. The van der Waals surface area contributed by atoms with Crippen LogP contribution < -0.4 is 5.32 Å². The highest BCUT2D eigenvalue weighted by Gasteiger charge is 2.29. The van der Waals surface area contributed by atoms with Crippen molar-refractivity contribution in [1.82, 2.24) is 15.4 Å². The van der Waals surface area contributed by atoms with Gasteiger partial charge in [-0.15, -0.1) is 11.8 Å². The predicted molar refractivity (Wildman–Crippen MR) is 128 cm³/mol. The summed E-state index contributed by atoms with van der Waals surface area (Å²) in [7, 11) is 1.90. The average Bonchev–Trinajstić information content (AvgIpc) is 3.27. The lowest BCUT2D eigenvalue weighted by atomic mass is 9.81. The second kappa shape index (κ2) is 11.3. The van der Waals surface area contributed by atoms with Gasteiger partial charge in [0.05, 0.1) is 11.4 Å². The van der Waals surface area contributed by atoms with Crippen LogP contribution in [0.1, 0.15) is 29.9 Å². The minimum absolute atomic E-state index is 0.214. The molecule has 2 atom stereocenters. The first-order valence-corrected chi connectivity index (χ1v) is 12.3. The van der Waals surface area contributed by atoms with Crippen LogP contribution in [-0.2, 0) is 23.5 Å². The minimum Gasteiger partial charge on any atom is -0.360 e. The van der Waals surface area contributed by atoms with Crippen LogP contribution in [0.25, 0.3) is 0 Å². The number of rotatable bonds is 9. The molecule has 3 aromatic rings. The van der Waals surface area contributed by atoms with Gasteiger partial charge in [-0.05, 0) is 55.5 Å². The van der Waals surface area contributed by atoms with Crippen molar-refractivity contribution < 1.29 is 9.32 Å².